The van der Waals surface area contributed by atoms with Gasteiger partial charge in [-0.2, -0.15) is 9.67 Å². The first kappa shape index (κ1) is 27.9. The van der Waals surface area contributed by atoms with Crippen molar-refractivity contribution < 1.29 is 19.2 Å². The van der Waals surface area contributed by atoms with Crippen LogP contribution in [0.1, 0.15) is 44.4 Å². The van der Waals surface area contributed by atoms with E-state index in [4.69, 9.17) is 4.74 Å². The topological polar surface area (TPSA) is 106 Å². The molecule has 4 rings (SSSR count). The van der Waals surface area contributed by atoms with E-state index >= 15 is 0 Å². The number of ether oxygens (including phenoxy) is 1. The molecule has 1 amide bonds. The first-order valence-electron chi connectivity index (χ1n) is 12.7. The van der Waals surface area contributed by atoms with Crippen LogP contribution >= 0.6 is 11.8 Å². The van der Waals surface area contributed by atoms with E-state index in [-0.39, 0.29) is 28.6 Å². The Balaban J connectivity index is 1.50. The standard InChI is InChI=1S/C30H33N5O3S/c1-6-38-26-17-21(9-16-25(26)36)18-31-32-27(37)19-39-29-34-33-28(35(29)24-14-7-20(2)8-15-24)22-10-12-23(13-11-22)30(3,4)5/h7-18H,6,19H2,1-5H3,(H2,31,32,36,37). The minimum Gasteiger partial charge on any atom is -0.870 e. The minimum atomic E-state index is -0.281. The first-order valence-corrected chi connectivity index (χ1v) is 13.7. The molecule has 8 nitrogen and oxygen atoms in total. The fraction of sp³-hybridized carbons (Fsp3) is 0.267. The number of carbonyl (C=O) groups excluding carboxylic acids is 1. The molecule has 0 spiro atoms. The zero-order valence-electron chi connectivity index (χ0n) is 22.8. The molecule has 202 valence electrons. The van der Waals surface area contributed by atoms with E-state index in [1.165, 1.54) is 29.6 Å². The number of nitrogens with zero attached hydrogens (tertiary/aromatic N) is 3. The molecule has 0 fully saturated rings. The van der Waals surface area contributed by atoms with E-state index in [0.717, 1.165) is 22.6 Å². The van der Waals surface area contributed by atoms with E-state index in [9.17, 15) is 9.90 Å². The minimum absolute atomic E-state index is 0.0569. The number of hydrogen-bond donors (Lipinski definition) is 2. The summed E-state index contributed by atoms with van der Waals surface area (Å²) in [6, 6.07) is 21.3. The molecule has 0 aliphatic heterocycles. The molecule has 9 heteroatoms. The van der Waals surface area contributed by atoms with Gasteiger partial charge >= 0.3 is 5.16 Å². The van der Waals surface area contributed by atoms with E-state index in [1.54, 1.807) is 12.1 Å². The number of hydrogen-bond acceptors (Lipinski definition) is 6. The summed E-state index contributed by atoms with van der Waals surface area (Å²) < 4.78 is 7.34. The van der Waals surface area contributed by atoms with Crippen LogP contribution in [-0.2, 0) is 10.2 Å². The van der Waals surface area contributed by atoms with E-state index in [2.05, 4.69) is 65.8 Å². The van der Waals surface area contributed by atoms with Crippen LogP contribution in [0.25, 0.3) is 17.1 Å². The lowest BCUT2D eigenvalue weighted by Crippen LogP contribution is -2.34. The second-order valence-electron chi connectivity index (χ2n) is 10.1. The molecule has 0 saturated carbocycles. The number of hydrazone groups is 1. The molecular formula is C30H33N5O3S. The molecule has 4 aromatic rings. The highest BCUT2D eigenvalue weighted by atomic mass is 32.2. The van der Waals surface area contributed by atoms with Crippen molar-refractivity contribution in [3.8, 4) is 28.6 Å². The number of aromatic amines is 1. The number of thioether (sulfide) groups is 1. The Kier molecular flexibility index (Phi) is 8.71. The third kappa shape index (κ3) is 7.06. The predicted octanol–water partition coefficient (Wildman–Crippen LogP) is 4.67. The van der Waals surface area contributed by atoms with Crippen LogP contribution in [0.4, 0.5) is 0 Å². The summed E-state index contributed by atoms with van der Waals surface area (Å²) in [5, 5.41) is 24.2. The number of benzene rings is 3. The maximum Gasteiger partial charge on any atom is 0.342 e. The smallest absolute Gasteiger partial charge is 0.342 e. The van der Waals surface area contributed by atoms with Crippen molar-refractivity contribution in [3.63, 3.8) is 0 Å². The number of carbonyl (C=O) groups is 1. The molecule has 0 radical (unpaired) electrons. The van der Waals surface area contributed by atoms with Crippen molar-refractivity contribution >= 4 is 23.9 Å². The van der Waals surface area contributed by atoms with Gasteiger partial charge in [0.15, 0.2) is 0 Å². The molecule has 3 aromatic carbocycles. The van der Waals surface area contributed by atoms with Crippen molar-refractivity contribution in [3.05, 3.63) is 83.4 Å². The van der Waals surface area contributed by atoms with Gasteiger partial charge in [0.05, 0.1) is 29.2 Å². The highest BCUT2D eigenvalue weighted by molar-refractivity contribution is 7.99. The van der Waals surface area contributed by atoms with Crippen molar-refractivity contribution in [1.82, 2.24) is 15.6 Å². The Labute approximate surface area is 233 Å². The summed E-state index contributed by atoms with van der Waals surface area (Å²) in [4.78, 5) is 12.6. The summed E-state index contributed by atoms with van der Waals surface area (Å²) in [6.45, 7) is 10.8. The van der Waals surface area contributed by atoms with Crippen LogP contribution in [0.2, 0.25) is 0 Å². The maximum atomic E-state index is 12.6. The molecule has 1 aromatic heterocycles. The van der Waals surface area contributed by atoms with Gasteiger partial charge in [0.2, 0.25) is 0 Å². The predicted molar refractivity (Wildman–Crippen MR) is 153 cm³/mol. The lowest BCUT2D eigenvalue weighted by molar-refractivity contribution is -0.625. The molecule has 0 atom stereocenters. The Bertz CT molecular complexity index is 1460. The summed E-state index contributed by atoms with van der Waals surface area (Å²) in [6.07, 6.45) is 1.48. The zero-order chi connectivity index (χ0) is 28.0. The number of nitrogens with one attached hydrogen (secondary N) is 2. The highest BCUT2D eigenvalue weighted by Crippen LogP contribution is 2.26. The van der Waals surface area contributed by atoms with Gasteiger partial charge in [-0.25, -0.2) is 5.43 Å². The molecule has 0 bridgehead atoms. The van der Waals surface area contributed by atoms with Crippen LogP contribution in [-0.4, -0.2) is 34.7 Å². The van der Waals surface area contributed by atoms with Crippen LogP contribution in [0, 0.1) is 6.92 Å². The second kappa shape index (κ2) is 12.2. The normalized spacial score (nSPS) is 11.6. The van der Waals surface area contributed by atoms with Gasteiger partial charge in [-0.1, -0.05) is 68.5 Å². The zero-order valence-corrected chi connectivity index (χ0v) is 23.6. The molecule has 0 saturated heterocycles. The third-order valence-electron chi connectivity index (χ3n) is 5.99. The van der Waals surface area contributed by atoms with Gasteiger partial charge in [0.25, 0.3) is 11.7 Å². The van der Waals surface area contributed by atoms with Crippen LogP contribution in [0.5, 0.6) is 11.5 Å². The first-order chi connectivity index (χ1) is 18.7. The second-order valence-corrected chi connectivity index (χ2v) is 11.0. The molecule has 39 heavy (non-hydrogen) atoms. The van der Waals surface area contributed by atoms with Gasteiger partial charge in [0.1, 0.15) is 11.4 Å². The van der Waals surface area contributed by atoms with Crippen molar-refractivity contribution in [2.24, 2.45) is 5.10 Å². The summed E-state index contributed by atoms with van der Waals surface area (Å²) in [5.74, 6) is 0.717. The van der Waals surface area contributed by atoms with Crippen molar-refractivity contribution in [2.45, 2.75) is 45.2 Å². The number of amides is 1. The fourth-order valence-corrected chi connectivity index (χ4v) is 4.62. The lowest BCUT2D eigenvalue weighted by atomic mass is 9.87. The SMILES string of the molecule is CCOc1cc(/C=N/NC(=O)CSc2n[nH]c(-c3ccc(C(C)(C)C)cc3)[n+]2-c2ccc(C)cc2)ccc1[O-]. The Hall–Kier alpha value is -4.11. The van der Waals surface area contributed by atoms with E-state index in [0.29, 0.717) is 17.3 Å². The fourth-order valence-electron chi connectivity index (χ4n) is 3.86. The summed E-state index contributed by atoms with van der Waals surface area (Å²) in [5.41, 5.74) is 7.58. The monoisotopic (exact) mass is 543 g/mol. The van der Waals surface area contributed by atoms with Crippen LogP contribution in [0.3, 0.4) is 0 Å². The molecule has 1 heterocycles. The number of rotatable bonds is 9. The van der Waals surface area contributed by atoms with Gasteiger partial charge in [-0.15, -0.1) is 5.10 Å². The van der Waals surface area contributed by atoms with Crippen molar-refractivity contribution in [2.75, 3.05) is 12.4 Å². The molecule has 2 N–H and O–H groups in total. The number of H-pyrrole nitrogens is 1. The Morgan fingerprint density at radius 1 is 1.13 bits per heavy atom. The average Bonchev–Trinajstić information content (AvgIpc) is 3.33. The number of aryl methyl sites for hydroxylation is 1. The average molecular weight is 544 g/mol. The highest BCUT2D eigenvalue weighted by Gasteiger charge is 2.25. The van der Waals surface area contributed by atoms with Gasteiger partial charge in [-0.3, -0.25) is 4.79 Å². The van der Waals surface area contributed by atoms with Gasteiger partial charge < -0.3 is 9.84 Å². The van der Waals surface area contributed by atoms with E-state index in [1.807, 2.05) is 42.7 Å². The summed E-state index contributed by atoms with van der Waals surface area (Å²) >= 11 is 1.31. The maximum absolute atomic E-state index is 12.6. The van der Waals surface area contributed by atoms with E-state index < -0.39 is 0 Å². The van der Waals surface area contributed by atoms with Crippen LogP contribution in [0.15, 0.2) is 77.0 Å². The van der Waals surface area contributed by atoms with Crippen molar-refractivity contribution in [1.29, 1.82) is 0 Å². The Morgan fingerprint density at radius 3 is 2.51 bits per heavy atom. The molecule has 0 aliphatic rings. The lowest BCUT2D eigenvalue weighted by Gasteiger charge is -2.18. The largest absolute Gasteiger partial charge is 0.870 e. The van der Waals surface area contributed by atoms with Gasteiger partial charge in [-0.05, 0) is 72.5 Å². The Morgan fingerprint density at radius 2 is 1.85 bits per heavy atom. The van der Waals surface area contributed by atoms with Crippen LogP contribution < -0.4 is 19.8 Å². The molecule has 0 aliphatic carbocycles. The molecule has 0 unspecified atom stereocenters. The van der Waals surface area contributed by atoms with Gasteiger partial charge in [0, 0.05) is 0 Å². The third-order valence-corrected chi connectivity index (χ3v) is 6.93. The quantitative estimate of drug-likeness (QED) is 0.138. The summed E-state index contributed by atoms with van der Waals surface area (Å²) in [7, 11) is 0. The number of aromatic nitrogens is 3. The molecular weight excluding hydrogens is 510 g/mol.